The Balaban J connectivity index is 1.95. The Hall–Kier alpha value is -1.81. The number of rotatable bonds is 4. The SMILES string of the molecule is Cc1ccc(CC(NN)c2coc3ccccc23)c(Cl)c1. The average molecular weight is 301 g/mol. The molecule has 0 bridgehead atoms. The minimum atomic E-state index is -0.0474. The van der Waals surface area contributed by atoms with Crippen molar-refractivity contribution in [2.24, 2.45) is 5.84 Å². The molecular weight excluding hydrogens is 284 g/mol. The Morgan fingerprint density at radius 1 is 1.24 bits per heavy atom. The van der Waals surface area contributed by atoms with Gasteiger partial charge < -0.3 is 4.42 Å². The molecule has 108 valence electrons. The van der Waals surface area contributed by atoms with Crippen LogP contribution >= 0.6 is 11.6 Å². The monoisotopic (exact) mass is 300 g/mol. The molecule has 3 rings (SSSR count). The van der Waals surface area contributed by atoms with E-state index in [4.69, 9.17) is 21.9 Å². The number of hydrogen-bond donors (Lipinski definition) is 2. The average Bonchev–Trinajstić information content (AvgIpc) is 2.91. The molecule has 0 aliphatic rings. The highest BCUT2D eigenvalue weighted by Crippen LogP contribution is 2.30. The summed E-state index contributed by atoms with van der Waals surface area (Å²) in [6, 6.07) is 14.0. The van der Waals surface area contributed by atoms with E-state index in [1.165, 1.54) is 0 Å². The number of benzene rings is 2. The number of aryl methyl sites for hydroxylation is 1. The Labute approximate surface area is 128 Å². The number of nitrogens with two attached hydrogens (primary N) is 1. The predicted octanol–water partition coefficient (Wildman–Crippen LogP) is 4.14. The number of nitrogens with one attached hydrogen (secondary N) is 1. The minimum absolute atomic E-state index is 0.0474. The van der Waals surface area contributed by atoms with Crippen LogP contribution in [-0.2, 0) is 6.42 Å². The zero-order chi connectivity index (χ0) is 14.8. The van der Waals surface area contributed by atoms with Crippen LogP contribution in [0.4, 0.5) is 0 Å². The summed E-state index contributed by atoms with van der Waals surface area (Å²) in [5.74, 6) is 5.75. The van der Waals surface area contributed by atoms with Gasteiger partial charge in [0.05, 0.1) is 12.3 Å². The Kier molecular flexibility index (Phi) is 3.97. The molecule has 0 fully saturated rings. The van der Waals surface area contributed by atoms with Crippen LogP contribution < -0.4 is 11.3 Å². The Morgan fingerprint density at radius 3 is 2.81 bits per heavy atom. The number of para-hydroxylation sites is 1. The molecule has 0 spiro atoms. The summed E-state index contributed by atoms with van der Waals surface area (Å²) in [6.07, 6.45) is 2.47. The van der Waals surface area contributed by atoms with Gasteiger partial charge in [-0.2, -0.15) is 0 Å². The Morgan fingerprint density at radius 2 is 2.05 bits per heavy atom. The first-order valence-electron chi connectivity index (χ1n) is 6.86. The zero-order valence-corrected chi connectivity index (χ0v) is 12.5. The van der Waals surface area contributed by atoms with Crippen LogP contribution in [-0.4, -0.2) is 0 Å². The fraction of sp³-hybridized carbons (Fsp3) is 0.176. The van der Waals surface area contributed by atoms with E-state index in [0.717, 1.165) is 32.7 Å². The van der Waals surface area contributed by atoms with Gasteiger partial charge in [0.1, 0.15) is 5.58 Å². The van der Waals surface area contributed by atoms with Crippen molar-refractivity contribution in [3.05, 3.63) is 70.4 Å². The third kappa shape index (κ3) is 2.81. The third-order valence-electron chi connectivity index (χ3n) is 3.72. The standard InChI is InChI=1S/C17H17ClN2O/c1-11-6-7-12(15(18)8-11)9-16(20-19)14-10-21-17-5-3-2-4-13(14)17/h2-8,10,16,20H,9,19H2,1H3. The van der Waals surface area contributed by atoms with Gasteiger partial charge in [-0.3, -0.25) is 11.3 Å². The molecule has 1 heterocycles. The molecule has 3 N–H and O–H groups in total. The molecule has 3 nitrogen and oxygen atoms in total. The normalized spacial score (nSPS) is 12.7. The van der Waals surface area contributed by atoms with E-state index in [2.05, 4.69) is 11.5 Å². The lowest BCUT2D eigenvalue weighted by Crippen LogP contribution is -2.29. The van der Waals surface area contributed by atoms with Crippen LogP contribution in [0.2, 0.25) is 5.02 Å². The maximum Gasteiger partial charge on any atom is 0.134 e. The van der Waals surface area contributed by atoms with E-state index in [9.17, 15) is 0 Å². The van der Waals surface area contributed by atoms with Gasteiger partial charge in [0.25, 0.3) is 0 Å². The fourth-order valence-electron chi connectivity index (χ4n) is 2.56. The van der Waals surface area contributed by atoms with Crippen molar-refractivity contribution in [3.8, 4) is 0 Å². The molecule has 0 aliphatic heterocycles. The summed E-state index contributed by atoms with van der Waals surface area (Å²) in [6.45, 7) is 2.03. The molecule has 0 saturated heterocycles. The zero-order valence-electron chi connectivity index (χ0n) is 11.8. The van der Waals surface area contributed by atoms with Crippen molar-refractivity contribution in [2.45, 2.75) is 19.4 Å². The maximum absolute atomic E-state index is 6.32. The highest BCUT2D eigenvalue weighted by atomic mass is 35.5. The van der Waals surface area contributed by atoms with Crippen molar-refractivity contribution in [1.82, 2.24) is 5.43 Å². The van der Waals surface area contributed by atoms with Crippen molar-refractivity contribution in [3.63, 3.8) is 0 Å². The number of furan rings is 1. The first-order chi connectivity index (χ1) is 10.2. The summed E-state index contributed by atoms with van der Waals surface area (Å²) < 4.78 is 5.59. The van der Waals surface area contributed by atoms with Crippen LogP contribution in [0.15, 0.2) is 53.1 Å². The van der Waals surface area contributed by atoms with E-state index in [1.807, 2.05) is 43.3 Å². The molecule has 2 aromatic carbocycles. The molecule has 3 aromatic rings. The molecule has 1 aromatic heterocycles. The van der Waals surface area contributed by atoms with E-state index in [0.29, 0.717) is 6.42 Å². The van der Waals surface area contributed by atoms with Crippen molar-refractivity contribution >= 4 is 22.6 Å². The third-order valence-corrected chi connectivity index (χ3v) is 4.07. The molecule has 0 aliphatic carbocycles. The molecule has 1 atom stereocenters. The summed E-state index contributed by atoms with van der Waals surface area (Å²) >= 11 is 6.32. The second-order valence-corrected chi connectivity index (χ2v) is 5.61. The second-order valence-electron chi connectivity index (χ2n) is 5.21. The van der Waals surface area contributed by atoms with Crippen LogP contribution in [0, 0.1) is 6.92 Å². The van der Waals surface area contributed by atoms with E-state index < -0.39 is 0 Å². The Bertz CT molecular complexity index is 766. The summed E-state index contributed by atoms with van der Waals surface area (Å²) in [7, 11) is 0. The maximum atomic E-state index is 6.32. The van der Waals surface area contributed by atoms with Gasteiger partial charge in [0.2, 0.25) is 0 Å². The number of hydrogen-bond acceptors (Lipinski definition) is 3. The highest BCUT2D eigenvalue weighted by Gasteiger charge is 2.17. The fourth-order valence-corrected chi connectivity index (χ4v) is 2.88. The van der Waals surface area contributed by atoms with Crippen LogP contribution in [0.3, 0.4) is 0 Å². The lowest BCUT2D eigenvalue weighted by atomic mass is 9.98. The quantitative estimate of drug-likeness (QED) is 0.562. The smallest absolute Gasteiger partial charge is 0.134 e. The lowest BCUT2D eigenvalue weighted by Gasteiger charge is -2.16. The molecule has 4 heteroatoms. The molecule has 0 amide bonds. The largest absolute Gasteiger partial charge is 0.464 e. The number of hydrazine groups is 1. The van der Waals surface area contributed by atoms with Gasteiger partial charge in [-0.05, 0) is 36.6 Å². The molecule has 0 radical (unpaired) electrons. The highest BCUT2D eigenvalue weighted by molar-refractivity contribution is 6.31. The van der Waals surface area contributed by atoms with E-state index in [-0.39, 0.29) is 6.04 Å². The van der Waals surface area contributed by atoms with Gasteiger partial charge in [-0.15, -0.1) is 0 Å². The predicted molar refractivity (Wildman–Crippen MR) is 86.2 cm³/mol. The van der Waals surface area contributed by atoms with Gasteiger partial charge in [0, 0.05) is 16.0 Å². The number of fused-ring (bicyclic) bond motifs is 1. The summed E-state index contributed by atoms with van der Waals surface area (Å²) in [5.41, 5.74) is 6.99. The van der Waals surface area contributed by atoms with Gasteiger partial charge in [-0.1, -0.05) is 41.9 Å². The molecular formula is C17H17ClN2O. The van der Waals surface area contributed by atoms with E-state index >= 15 is 0 Å². The van der Waals surface area contributed by atoms with Crippen LogP contribution in [0.25, 0.3) is 11.0 Å². The van der Waals surface area contributed by atoms with Gasteiger partial charge in [-0.25, -0.2) is 0 Å². The van der Waals surface area contributed by atoms with Crippen molar-refractivity contribution in [2.75, 3.05) is 0 Å². The van der Waals surface area contributed by atoms with Gasteiger partial charge in [0.15, 0.2) is 0 Å². The summed E-state index contributed by atoms with van der Waals surface area (Å²) in [4.78, 5) is 0. The lowest BCUT2D eigenvalue weighted by molar-refractivity contribution is 0.537. The van der Waals surface area contributed by atoms with Gasteiger partial charge >= 0.3 is 0 Å². The van der Waals surface area contributed by atoms with Crippen LogP contribution in [0.5, 0.6) is 0 Å². The molecule has 1 unspecified atom stereocenters. The molecule has 21 heavy (non-hydrogen) atoms. The van der Waals surface area contributed by atoms with Crippen molar-refractivity contribution < 1.29 is 4.42 Å². The first-order valence-corrected chi connectivity index (χ1v) is 7.24. The number of halogens is 1. The second kappa shape index (κ2) is 5.90. The minimum Gasteiger partial charge on any atom is -0.464 e. The topological polar surface area (TPSA) is 51.2 Å². The van der Waals surface area contributed by atoms with Crippen molar-refractivity contribution in [1.29, 1.82) is 0 Å². The summed E-state index contributed by atoms with van der Waals surface area (Å²) in [5, 5.41) is 1.84. The molecule has 0 saturated carbocycles. The van der Waals surface area contributed by atoms with Crippen LogP contribution in [0.1, 0.15) is 22.7 Å². The first kappa shape index (κ1) is 14.1. The van der Waals surface area contributed by atoms with E-state index in [1.54, 1.807) is 6.26 Å².